The lowest BCUT2D eigenvalue weighted by Gasteiger charge is -2.13. The molecule has 0 N–H and O–H groups in total. The molecule has 0 aliphatic rings. The van der Waals surface area contributed by atoms with Crippen LogP contribution in [-0.2, 0) is 0 Å². The Kier molecular flexibility index (Phi) is 11.4. The van der Waals surface area contributed by atoms with Crippen LogP contribution in [0.3, 0.4) is 0 Å². The Labute approximate surface area is 531 Å². The van der Waals surface area contributed by atoms with Gasteiger partial charge in [-0.15, -0.1) is 22.7 Å². The van der Waals surface area contributed by atoms with Crippen LogP contribution in [0.2, 0.25) is 0 Å². The summed E-state index contributed by atoms with van der Waals surface area (Å²) in [4.78, 5) is 5.12. The molecule has 0 bridgehead atoms. The van der Waals surface area contributed by atoms with Gasteiger partial charge in [0.05, 0.1) is 49.0 Å². The van der Waals surface area contributed by atoms with Gasteiger partial charge < -0.3 is 13.7 Å². The van der Waals surface area contributed by atoms with E-state index in [1.54, 1.807) is 0 Å². The fraction of sp³-hybridized carbons (Fsp3) is 0.0119. The maximum Gasteiger partial charge on any atom is 0.155 e. The van der Waals surface area contributed by atoms with Crippen LogP contribution in [0.25, 0.3) is 185 Å². The lowest BCUT2D eigenvalue weighted by Crippen LogP contribution is -1.98. The van der Waals surface area contributed by atoms with E-state index in [9.17, 15) is 0 Å². The molecule has 7 heteroatoms. The minimum Gasteiger partial charge on any atom is -0.309 e. The number of benzene rings is 12. The molecule has 7 heterocycles. The lowest BCUT2D eigenvalue weighted by molar-refractivity contribution is 1.10. The monoisotopic (exact) mass is 1200 g/mol. The molecule has 0 amide bonds. The Bertz CT molecular complexity index is 6270. The summed E-state index contributed by atoms with van der Waals surface area (Å²) in [5.74, 6) is 0.961. The summed E-state index contributed by atoms with van der Waals surface area (Å²) in [6.07, 6.45) is 8.37. The number of thiophene rings is 2. The molecular weight excluding hydrogens is 1140 g/mol. The number of para-hydroxylation sites is 4. The Morgan fingerprint density at radius 1 is 0.341 bits per heavy atom. The van der Waals surface area contributed by atoms with Crippen molar-refractivity contribution in [2.24, 2.45) is 0 Å². The van der Waals surface area contributed by atoms with Crippen molar-refractivity contribution in [3.8, 4) is 56.3 Å². The molecule has 19 rings (SSSR count). The Morgan fingerprint density at radius 3 is 1.51 bits per heavy atom. The standard InChI is InChI=1S/C84H53N5S2/c1-3-20-70-57(4-2)68-49-55(41-43-75(68)86(70)54-24-16-22-52(48-54)51-21-15-23-53(47-51)58-30-17-33-64-61-27-9-14-40-78(61)90-82(58)64)87-73-36-12-7-28-66(73)80-62(31-18-38-76(80)87)63-32-19-39-77-81(63)67-29-8-13-37-74(67)88(77)56-42-44-79-69(50-56)65-45-46-85-84(83(65)91-79)89-71-34-10-5-25-59(71)60-26-6-11-35-72(60)89/h3-50H,2H2,1H3/b20-3-. The Hall–Kier alpha value is -11.4. The summed E-state index contributed by atoms with van der Waals surface area (Å²) < 4.78 is 14.7. The van der Waals surface area contributed by atoms with E-state index in [0.717, 1.165) is 78.2 Å². The van der Waals surface area contributed by atoms with E-state index in [2.05, 4.69) is 311 Å². The summed E-state index contributed by atoms with van der Waals surface area (Å²) in [5.41, 5.74) is 20.8. The second-order valence-corrected chi connectivity index (χ2v) is 25.8. The first-order valence-corrected chi connectivity index (χ1v) is 32.6. The molecule has 0 fully saturated rings. The summed E-state index contributed by atoms with van der Waals surface area (Å²) in [5, 5.41) is 13.5. The van der Waals surface area contributed by atoms with Gasteiger partial charge in [-0.05, 0) is 150 Å². The van der Waals surface area contributed by atoms with Crippen molar-refractivity contribution >= 4 is 151 Å². The van der Waals surface area contributed by atoms with E-state index in [4.69, 9.17) is 4.98 Å². The molecular formula is C84H53N5S2. The number of pyridine rings is 1. The van der Waals surface area contributed by atoms with Gasteiger partial charge in [0.1, 0.15) is 0 Å². The van der Waals surface area contributed by atoms with Crippen molar-refractivity contribution in [2.75, 3.05) is 0 Å². The van der Waals surface area contributed by atoms with Crippen LogP contribution in [0.5, 0.6) is 0 Å². The zero-order valence-corrected chi connectivity index (χ0v) is 51.1. The van der Waals surface area contributed by atoms with Crippen molar-refractivity contribution < 1.29 is 0 Å². The van der Waals surface area contributed by atoms with Gasteiger partial charge in [-0.25, -0.2) is 4.98 Å². The maximum atomic E-state index is 5.12. The number of hydrogen-bond acceptors (Lipinski definition) is 3. The van der Waals surface area contributed by atoms with Gasteiger partial charge in [0.15, 0.2) is 5.82 Å². The molecule has 19 aromatic rings. The van der Waals surface area contributed by atoms with E-state index in [0.29, 0.717) is 0 Å². The van der Waals surface area contributed by atoms with Crippen LogP contribution >= 0.6 is 22.7 Å². The average molecular weight is 1200 g/mol. The number of allylic oxidation sites excluding steroid dienone is 1. The van der Waals surface area contributed by atoms with Gasteiger partial charge >= 0.3 is 0 Å². The largest absolute Gasteiger partial charge is 0.309 e. The number of fused-ring (bicyclic) bond motifs is 16. The van der Waals surface area contributed by atoms with Gasteiger partial charge in [0, 0.05) is 102 Å². The number of hydrogen-bond donors (Lipinski definition) is 0. The van der Waals surface area contributed by atoms with Gasteiger partial charge in [0.25, 0.3) is 0 Å². The molecule has 0 atom stereocenters. The Morgan fingerprint density at radius 2 is 0.824 bits per heavy atom. The quantitative estimate of drug-likeness (QED) is 0.142. The van der Waals surface area contributed by atoms with E-state index in [1.165, 1.54) is 106 Å². The molecule has 0 unspecified atom stereocenters. The van der Waals surface area contributed by atoms with E-state index < -0.39 is 0 Å². The second kappa shape index (κ2) is 20.1. The van der Waals surface area contributed by atoms with E-state index >= 15 is 0 Å². The molecule has 0 saturated heterocycles. The SMILES string of the molecule is C=Cc1c(/C=C\C)n(-c2cccc(-c3cccc(-c4cccc5c4sc4ccccc45)c3)c2)c2ccc(-n3c4ccccc4c4c(-c5cccc6c5c5ccccc5n6-c5ccc6sc7c(-n8c9ccccc9c9ccccc98)nccc7c6c5)cccc43)cc12. The highest BCUT2D eigenvalue weighted by Crippen LogP contribution is 2.48. The summed E-state index contributed by atoms with van der Waals surface area (Å²) in [6.45, 7) is 6.57. The molecule has 0 radical (unpaired) electrons. The van der Waals surface area contributed by atoms with Gasteiger partial charge in [-0.2, -0.15) is 0 Å². The highest BCUT2D eigenvalue weighted by Gasteiger charge is 2.25. The first kappa shape index (κ1) is 51.7. The molecule has 0 saturated carbocycles. The van der Waals surface area contributed by atoms with Crippen molar-refractivity contribution in [1.29, 1.82) is 0 Å². The van der Waals surface area contributed by atoms with Crippen LogP contribution in [-0.4, -0.2) is 23.3 Å². The lowest BCUT2D eigenvalue weighted by atomic mass is 9.95. The van der Waals surface area contributed by atoms with Crippen molar-refractivity contribution in [2.45, 2.75) is 6.92 Å². The highest BCUT2D eigenvalue weighted by molar-refractivity contribution is 7.26. The van der Waals surface area contributed by atoms with Crippen molar-refractivity contribution in [1.82, 2.24) is 23.3 Å². The molecule has 7 aromatic heterocycles. The minimum absolute atomic E-state index is 0.961. The molecule has 0 spiro atoms. The second-order valence-electron chi connectivity index (χ2n) is 23.7. The molecule has 91 heavy (non-hydrogen) atoms. The van der Waals surface area contributed by atoms with Crippen molar-refractivity contribution in [3.05, 3.63) is 297 Å². The van der Waals surface area contributed by atoms with Crippen LogP contribution in [0.15, 0.2) is 286 Å². The number of aromatic nitrogens is 5. The third kappa shape index (κ3) is 7.60. The van der Waals surface area contributed by atoms with Gasteiger partial charge in [-0.3, -0.25) is 4.57 Å². The normalized spacial score (nSPS) is 12.2. The number of rotatable bonds is 9. The zero-order chi connectivity index (χ0) is 60.0. The highest BCUT2D eigenvalue weighted by atomic mass is 32.1. The van der Waals surface area contributed by atoms with Gasteiger partial charge in [-0.1, -0.05) is 183 Å². The fourth-order valence-corrected chi connectivity index (χ4v) is 17.5. The van der Waals surface area contributed by atoms with Crippen LogP contribution in [0.4, 0.5) is 0 Å². The summed E-state index contributed by atoms with van der Waals surface area (Å²) in [6, 6.07) is 98.6. The minimum atomic E-state index is 0.961. The zero-order valence-electron chi connectivity index (χ0n) is 49.5. The summed E-state index contributed by atoms with van der Waals surface area (Å²) >= 11 is 3.70. The van der Waals surface area contributed by atoms with Crippen LogP contribution < -0.4 is 0 Å². The molecule has 12 aromatic carbocycles. The maximum absolute atomic E-state index is 5.12. The first-order valence-electron chi connectivity index (χ1n) is 31.0. The summed E-state index contributed by atoms with van der Waals surface area (Å²) in [7, 11) is 0. The van der Waals surface area contributed by atoms with E-state index in [1.807, 2.05) is 34.9 Å². The van der Waals surface area contributed by atoms with E-state index in [-0.39, 0.29) is 0 Å². The Balaban J connectivity index is 0.737. The molecule has 5 nitrogen and oxygen atoms in total. The van der Waals surface area contributed by atoms with Crippen LogP contribution in [0, 0.1) is 0 Å². The predicted octanol–water partition coefficient (Wildman–Crippen LogP) is 23.7. The first-order chi connectivity index (χ1) is 45.1. The molecule has 0 aliphatic carbocycles. The smallest absolute Gasteiger partial charge is 0.155 e. The predicted molar refractivity (Wildman–Crippen MR) is 391 cm³/mol. The third-order valence-electron chi connectivity index (χ3n) is 18.9. The van der Waals surface area contributed by atoms with Crippen molar-refractivity contribution in [3.63, 3.8) is 0 Å². The third-order valence-corrected chi connectivity index (χ3v) is 21.3. The van der Waals surface area contributed by atoms with Crippen LogP contribution in [0.1, 0.15) is 18.2 Å². The van der Waals surface area contributed by atoms with Gasteiger partial charge in [0.2, 0.25) is 0 Å². The molecule has 0 aliphatic heterocycles. The fourth-order valence-electron chi connectivity index (χ4n) is 15.1. The number of nitrogens with zero attached hydrogens (tertiary/aromatic N) is 5. The average Bonchev–Trinajstić information content (AvgIpc) is 1.69. The topological polar surface area (TPSA) is 32.6 Å². The molecule has 426 valence electrons.